The smallest absolute Gasteiger partial charge is 0.0216 e. The van der Waals surface area contributed by atoms with Crippen LogP contribution in [0.1, 0.15) is 68.9 Å². The van der Waals surface area contributed by atoms with Gasteiger partial charge in [0.05, 0.1) is 0 Å². The first-order chi connectivity index (χ1) is 9.35. The molecule has 2 rings (SSSR count). The molecule has 1 aromatic carbocycles. The molecule has 106 valence electrons. The largest absolute Gasteiger partial charge is 0.271 e. The molecule has 0 radical (unpaired) electrons. The van der Waals surface area contributed by atoms with Crippen molar-refractivity contribution >= 4 is 0 Å². The predicted molar refractivity (Wildman–Crippen MR) is 82.0 cm³/mol. The number of nitrogens with two attached hydrogens (primary N) is 1. The molecule has 0 fully saturated rings. The third-order valence-electron chi connectivity index (χ3n) is 4.42. The molecule has 2 nitrogen and oxygen atoms in total. The molecule has 1 aliphatic carbocycles. The molecule has 0 bridgehead atoms. The topological polar surface area (TPSA) is 38.0 Å². The Bertz CT molecular complexity index is 375. The summed E-state index contributed by atoms with van der Waals surface area (Å²) in [5.41, 5.74) is 6.11. The molecule has 0 saturated heterocycles. The van der Waals surface area contributed by atoms with Gasteiger partial charge in [-0.25, -0.2) is 0 Å². The normalized spacial score (nSPS) is 18.7. The molecule has 1 aromatic rings. The van der Waals surface area contributed by atoms with E-state index in [1.807, 2.05) is 0 Å². The summed E-state index contributed by atoms with van der Waals surface area (Å²) in [7, 11) is 0. The van der Waals surface area contributed by atoms with Crippen LogP contribution in [0.3, 0.4) is 0 Å². The van der Waals surface area contributed by atoms with Crippen molar-refractivity contribution in [3.8, 4) is 0 Å². The highest BCUT2D eigenvalue weighted by Gasteiger charge is 2.27. The molecule has 0 spiro atoms. The summed E-state index contributed by atoms with van der Waals surface area (Å²) in [6.45, 7) is 2.26. The quantitative estimate of drug-likeness (QED) is 0.401. The van der Waals surface area contributed by atoms with Gasteiger partial charge in [-0.1, -0.05) is 63.3 Å². The van der Waals surface area contributed by atoms with Gasteiger partial charge in [-0.2, -0.15) is 0 Å². The third-order valence-corrected chi connectivity index (χ3v) is 4.42. The minimum Gasteiger partial charge on any atom is -0.271 e. The molecular formula is C17H28N2. The van der Waals surface area contributed by atoms with Gasteiger partial charge < -0.3 is 0 Å². The van der Waals surface area contributed by atoms with E-state index in [0.717, 1.165) is 5.92 Å². The van der Waals surface area contributed by atoms with E-state index in [1.165, 1.54) is 56.9 Å². The van der Waals surface area contributed by atoms with Crippen molar-refractivity contribution in [2.75, 3.05) is 0 Å². The van der Waals surface area contributed by atoms with Crippen LogP contribution in [0.15, 0.2) is 24.3 Å². The molecule has 2 atom stereocenters. The Morgan fingerprint density at radius 3 is 2.74 bits per heavy atom. The van der Waals surface area contributed by atoms with Crippen LogP contribution in [0.25, 0.3) is 0 Å². The standard InChI is InChI=1S/C17H28N2/c1-2-3-4-5-6-10-16(19-18)13-15-12-14-9-7-8-11-17(14)15/h7-9,11,15-16,19H,2-6,10,12-13,18H2,1H3. The fraction of sp³-hybridized carbons (Fsp3) is 0.647. The molecule has 0 aliphatic heterocycles. The SMILES string of the molecule is CCCCCCCC(CC1Cc2ccccc21)NN. The van der Waals surface area contributed by atoms with Crippen molar-refractivity contribution in [2.45, 2.75) is 70.3 Å². The maximum absolute atomic E-state index is 5.71. The summed E-state index contributed by atoms with van der Waals surface area (Å²) in [6.07, 6.45) is 10.4. The van der Waals surface area contributed by atoms with Crippen molar-refractivity contribution < 1.29 is 0 Å². The molecular weight excluding hydrogens is 232 g/mol. The van der Waals surface area contributed by atoms with Crippen LogP contribution in [0, 0.1) is 0 Å². The summed E-state index contributed by atoms with van der Waals surface area (Å²) in [6, 6.07) is 9.31. The molecule has 0 amide bonds. The molecule has 2 heteroatoms. The van der Waals surface area contributed by atoms with Gasteiger partial charge in [0.15, 0.2) is 0 Å². The summed E-state index contributed by atoms with van der Waals surface area (Å²) >= 11 is 0. The fourth-order valence-corrected chi connectivity index (χ4v) is 3.18. The van der Waals surface area contributed by atoms with Crippen LogP contribution >= 0.6 is 0 Å². The predicted octanol–water partition coefficient (Wildman–Crippen LogP) is 3.91. The number of benzene rings is 1. The average molecular weight is 260 g/mol. The zero-order valence-electron chi connectivity index (χ0n) is 12.2. The second kappa shape index (κ2) is 7.66. The number of hydrogen-bond donors (Lipinski definition) is 2. The van der Waals surface area contributed by atoms with E-state index in [2.05, 4.69) is 36.6 Å². The minimum absolute atomic E-state index is 0.486. The summed E-state index contributed by atoms with van der Waals surface area (Å²) in [5.74, 6) is 6.44. The molecule has 3 N–H and O–H groups in total. The van der Waals surface area contributed by atoms with Gasteiger partial charge in [-0.15, -0.1) is 0 Å². The molecule has 0 aromatic heterocycles. The average Bonchev–Trinajstić information content (AvgIpc) is 2.42. The molecule has 0 heterocycles. The maximum Gasteiger partial charge on any atom is 0.0216 e. The van der Waals surface area contributed by atoms with Gasteiger partial charge in [0.2, 0.25) is 0 Å². The Kier molecular flexibility index (Phi) is 5.87. The van der Waals surface area contributed by atoms with E-state index >= 15 is 0 Å². The van der Waals surface area contributed by atoms with Gasteiger partial charge in [-0.05, 0) is 36.3 Å². The lowest BCUT2D eigenvalue weighted by Gasteiger charge is -2.33. The number of nitrogens with one attached hydrogen (secondary N) is 1. The van der Waals surface area contributed by atoms with Crippen LogP contribution in [-0.4, -0.2) is 6.04 Å². The fourth-order valence-electron chi connectivity index (χ4n) is 3.18. The van der Waals surface area contributed by atoms with Crippen molar-refractivity contribution in [3.05, 3.63) is 35.4 Å². The lowest BCUT2D eigenvalue weighted by molar-refractivity contribution is 0.390. The Hall–Kier alpha value is -0.860. The Morgan fingerprint density at radius 1 is 1.21 bits per heavy atom. The van der Waals surface area contributed by atoms with Crippen molar-refractivity contribution in [1.82, 2.24) is 5.43 Å². The summed E-state index contributed by atoms with van der Waals surface area (Å²) in [5, 5.41) is 0. The van der Waals surface area contributed by atoms with Gasteiger partial charge in [0.25, 0.3) is 0 Å². The Labute approximate surface area is 117 Å². The molecule has 0 saturated carbocycles. The highest BCUT2D eigenvalue weighted by molar-refractivity contribution is 5.39. The Balaban J connectivity index is 1.69. The Morgan fingerprint density at radius 2 is 2.00 bits per heavy atom. The van der Waals surface area contributed by atoms with Crippen LogP contribution in [0.4, 0.5) is 0 Å². The van der Waals surface area contributed by atoms with E-state index in [9.17, 15) is 0 Å². The van der Waals surface area contributed by atoms with Crippen LogP contribution in [-0.2, 0) is 6.42 Å². The zero-order chi connectivity index (χ0) is 13.5. The van der Waals surface area contributed by atoms with Crippen molar-refractivity contribution in [3.63, 3.8) is 0 Å². The van der Waals surface area contributed by atoms with E-state index in [1.54, 1.807) is 5.56 Å². The van der Waals surface area contributed by atoms with Gasteiger partial charge in [0, 0.05) is 6.04 Å². The molecule has 1 aliphatic rings. The second-order valence-corrected chi connectivity index (χ2v) is 5.90. The number of fused-ring (bicyclic) bond motifs is 1. The minimum atomic E-state index is 0.486. The van der Waals surface area contributed by atoms with Crippen molar-refractivity contribution in [2.24, 2.45) is 5.84 Å². The first-order valence-electron chi connectivity index (χ1n) is 7.89. The molecule has 19 heavy (non-hydrogen) atoms. The molecule has 2 unspecified atom stereocenters. The van der Waals surface area contributed by atoms with Crippen molar-refractivity contribution in [1.29, 1.82) is 0 Å². The van der Waals surface area contributed by atoms with E-state index in [-0.39, 0.29) is 0 Å². The van der Waals surface area contributed by atoms with Gasteiger partial charge in [-0.3, -0.25) is 11.3 Å². The monoisotopic (exact) mass is 260 g/mol. The summed E-state index contributed by atoms with van der Waals surface area (Å²) in [4.78, 5) is 0. The van der Waals surface area contributed by atoms with Gasteiger partial charge >= 0.3 is 0 Å². The maximum atomic E-state index is 5.71. The van der Waals surface area contributed by atoms with Gasteiger partial charge in [0.1, 0.15) is 0 Å². The lowest BCUT2D eigenvalue weighted by Crippen LogP contribution is -2.37. The zero-order valence-corrected chi connectivity index (χ0v) is 12.2. The third kappa shape index (κ3) is 4.05. The summed E-state index contributed by atoms with van der Waals surface area (Å²) < 4.78 is 0. The van der Waals surface area contributed by atoms with E-state index in [0.29, 0.717) is 6.04 Å². The number of hydrogen-bond acceptors (Lipinski definition) is 2. The highest BCUT2D eigenvalue weighted by Crippen LogP contribution is 2.38. The number of hydrazine groups is 1. The first-order valence-corrected chi connectivity index (χ1v) is 7.89. The number of unbranched alkanes of at least 4 members (excludes halogenated alkanes) is 4. The number of rotatable bonds is 9. The van der Waals surface area contributed by atoms with E-state index in [4.69, 9.17) is 5.84 Å². The first kappa shape index (κ1) is 14.5. The van der Waals surface area contributed by atoms with Crippen LogP contribution < -0.4 is 11.3 Å². The second-order valence-electron chi connectivity index (χ2n) is 5.90. The van der Waals surface area contributed by atoms with E-state index < -0.39 is 0 Å². The van der Waals surface area contributed by atoms with Crippen LogP contribution in [0.5, 0.6) is 0 Å². The lowest BCUT2D eigenvalue weighted by atomic mass is 9.74. The highest BCUT2D eigenvalue weighted by atomic mass is 15.2. The van der Waals surface area contributed by atoms with Crippen LogP contribution in [0.2, 0.25) is 0 Å².